The van der Waals surface area contributed by atoms with Crippen molar-refractivity contribution in [2.24, 2.45) is 0 Å². The van der Waals surface area contributed by atoms with E-state index >= 15 is 0 Å². The summed E-state index contributed by atoms with van der Waals surface area (Å²) in [6.45, 7) is 2.62. The number of carbonyl (C=O) groups is 1. The van der Waals surface area contributed by atoms with E-state index in [1.807, 2.05) is 0 Å². The first-order valence-electron chi connectivity index (χ1n) is 6.08. The zero-order chi connectivity index (χ0) is 11.1. The number of carboxylic acids is 1. The van der Waals surface area contributed by atoms with Gasteiger partial charge < -0.3 is 9.84 Å². The largest absolute Gasteiger partial charge is 0.479 e. The summed E-state index contributed by atoms with van der Waals surface area (Å²) in [6.07, 6.45) is 9.25. The minimum absolute atomic E-state index is 0.415. The number of rotatable bonds is 9. The monoisotopic (exact) mass is 214 g/mol. The van der Waals surface area contributed by atoms with Crippen LogP contribution in [0.4, 0.5) is 0 Å². The zero-order valence-electron chi connectivity index (χ0n) is 9.63. The van der Waals surface area contributed by atoms with Crippen LogP contribution in [-0.2, 0) is 9.53 Å². The van der Waals surface area contributed by atoms with Crippen molar-refractivity contribution in [3.05, 3.63) is 0 Å². The van der Waals surface area contributed by atoms with Gasteiger partial charge >= 0.3 is 5.97 Å². The summed E-state index contributed by atoms with van der Waals surface area (Å²) in [5.41, 5.74) is -0.788. The van der Waals surface area contributed by atoms with Gasteiger partial charge in [-0.05, 0) is 12.8 Å². The maximum atomic E-state index is 10.8. The fourth-order valence-electron chi connectivity index (χ4n) is 1.83. The van der Waals surface area contributed by atoms with E-state index in [0.29, 0.717) is 13.0 Å². The van der Waals surface area contributed by atoms with Gasteiger partial charge in [0.1, 0.15) is 0 Å². The van der Waals surface area contributed by atoms with Gasteiger partial charge in [-0.3, -0.25) is 0 Å². The summed E-state index contributed by atoms with van der Waals surface area (Å²) < 4.78 is 5.00. The van der Waals surface area contributed by atoms with Crippen LogP contribution in [0.3, 0.4) is 0 Å². The molecule has 88 valence electrons. The predicted octanol–water partition coefficient (Wildman–Crippen LogP) is 2.98. The summed E-state index contributed by atoms with van der Waals surface area (Å²) in [5.74, 6) is -0.784. The second-order valence-corrected chi connectivity index (χ2v) is 4.46. The predicted molar refractivity (Wildman–Crippen MR) is 58.9 cm³/mol. The van der Waals surface area contributed by atoms with Gasteiger partial charge in [0.25, 0.3) is 0 Å². The number of ether oxygens (including phenoxy) is 1. The van der Waals surface area contributed by atoms with E-state index in [1.165, 1.54) is 32.1 Å². The van der Waals surface area contributed by atoms with E-state index in [2.05, 4.69) is 6.92 Å². The molecule has 0 aliphatic carbocycles. The quantitative estimate of drug-likeness (QED) is 0.474. The topological polar surface area (TPSA) is 49.8 Å². The highest BCUT2D eigenvalue weighted by molar-refractivity contribution is 5.80. The third-order valence-electron chi connectivity index (χ3n) is 3.07. The van der Waals surface area contributed by atoms with Crippen molar-refractivity contribution in [2.75, 3.05) is 6.61 Å². The van der Waals surface area contributed by atoms with E-state index in [9.17, 15) is 4.79 Å². The number of carboxylic acid groups (broad SMARTS) is 1. The maximum Gasteiger partial charge on any atom is 0.338 e. The maximum absolute atomic E-state index is 10.8. The molecular weight excluding hydrogens is 192 g/mol. The summed E-state index contributed by atoms with van der Waals surface area (Å²) in [6, 6.07) is 0. The van der Waals surface area contributed by atoms with Crippen LogP contribution in [0.2, 0.25) is 0 Å². The van der Waals surface area contributed by atoms with Crippen molar-refractivity contribution in [3.8, 4) is 0 Å². The van der Waals surface area contributed by atoms with Crippen molar-refractivity contribution < 1.29 is 14.6 Å². The third kappa shape index (κ3) is 4.20. The molecule has 0 aromatic heterocycles. The van der Waals surface area contributed by atoms with E-state index in [1.54, 1.807) is 0 Å². The molecule has 0 bridgehead atoms. The molecule has 0 amide bonds. The molecule has 3 heteroatoms. The van der Waals surface area contributed by atoms with Crippen molar-refractivity contribution in [3.63, 3.8) is 0 Å². The summed E-state index contributed by atoms with van der Waals surface area (Å²) in [5, 5.41) is 8.85. The highest BCUT2D eigenvalue weighted by Gasteiger charge is 2.51. The number of unbranched alkanes of at least 4 members (excludes halogenated alkanes) is 6. The van der Waals surface area contributed by atoms with Crippen molar-refractivity contribution in [1.82, 2.24) is 0 Å². The van der Waals surface area contributed by atoms with E-state index in [-0.39, 0.29) is 0 Å². The molecule has 1 saturated heterocycles. The van der Waals surface area contributed by atoms with Crippen molar-refractivity contribution in [2.45, 2.75) is 63.9 Å². The second kappa shape index (κ2) is 6.11. The standard InChI is InChI=1S/C12H22O3/c1-2-3-4-5-6-7-8-9-12(10-15-12)11(13)14/h2-10H2,1H3,(H,13,14)/t12-/m1/s1. The van der Waals surface area contributed by atoms with Crippen LogP contribution < -0.4 is 0 Å². The van der Waals surface area contributed by atoms with Crippen LogP contribution in [0.5, 0.6) is 0 Å². The molecule has 0 unspecified atom stereocenters. The lowest BCUT2D eigenvalue weighted by Crippen LogP contribution is -2.23. The van der Waals surface area contributed by atoms with Gasteiger partial charge in [-0.25, -0.2) is 4.79 Å². The van der Waals surface area contributed by atoms with Gasteiger partial charge in [-0.15, -0.1) is 0 Å². The molecule has 1 aliphatic rings. The van der Waals surface area contributed by atoms with Crippen LogP contribution in [0.15, 0.2) is 0 Å². The number of hydrogen-bond acceptors (Lipinski definition) is 2. The van der Waals surface area contributed by atoms with Gasteiger partial charge in [-0.2, -0.15) is 0 Å². The molecule has 1 atom stereocenters. The Bertz CT molecular complexity index is 197. The minimum atomic E-state index is -0.788. The van der Waals surface area contributed by atoms with Crippen LogP contribution in [0.25, 0.3) is 0 Å². The van der Waals surface area contributed by atoms with Crippen LogP contribution in [0.1, 0.15) is 58.3 Å². The fourth-order valence-corrected chi connectivity index (χ4v) is 1.83. The lowest BCUT2D eigenvalue weighted by Gasteiger charge is -2.05. The molecule has 0 saturated carbocycles. The molecule has 1 fully saturated rings. The summed E-state index contributed by atoms with van der Waals surface area (Å²) in [7, 11) is 0. The molecule has 0 aromatic carbocycles. The first kappa shape index (κ1) is 12.5. The third-order valence-corrected chi connectivity index (χ3v) is 3.07. The molecule has 0 spiro atoms. The molecule has 1 aliphatic heterocycles. The summed E-state index contributed by atoms with van der Waals surface area (Å²) in [4.78, 5) is 10.8. The minimum Gasteiger partial charge on any atom is -0.479 e. The molecule has 1 rings (SSSR count). The Labute approximate surface area is 91.8 Å². The Balaban J connectivity index is 1.91. The second-order valence-electron chi connectivity index (χ2n) is 4.46. The normalized spacial score (nSPS) is 24.1. The van der Waals surface area contributed by atoms with Gasteiger partial charge in [0.2, 0.25) is 0 Å². The smallest absolute Gasteiger partial charge is 0.338 e. The van der Waals surface area contributed by atoms with Crippen molar-refractivity contribution >= 4 is 5.97 Å². The number of hydrogen-bond donors (Lipinski definition) is 1. The average molecular weight is 214 g/mol. The van der Waals surface area contributed by atoms with Crippen LogP contribution in [-0.4, -0.2) is 23.3 Å². The van der Waals surface area contributed by atoms with Crippen LogP contribution in [0, 0.1) is 0 Å². The van der Waals surface area contributed by atoms with E-state index in [0.717, 1.165) is 12.8 Å². The Kier molecular flexibility index (Phi) is 5.09. The number of epoxide rings is 1. The molecule has 0 aromatic rings. The first-order chi connectivity index (χ1) is 7.21. The van der Waals surface area contributed by atoms with E-state index < -0.39 is 11.6 Å². The van der Waals surface area contributed by atoms with Crippen molar-refractivity contribution in [1.29, 1.82) is 0 Å². The van der Waals surface area contributed by atoms with Crippen LogP contribution >= 0.6 is 0 Å². The Morgan fingerprint density at radius 2 is 1.73 bits per heavy atom. The molecule has 1 heterocycles. The summed E-state index contributed by atoms with van der Waals surface area (Å²) >= 11 is 0. The van der Waals surface area contributed by atoms with Gasteiger partial charge in [-0.1, -0.05) is 45.4 Å². The zero-order valence-corrected chi connectivity index (χ0v) is 9.63. The van der Waals surface area contributed by atoms with E-state index in [4.69, 9.17) is 9.84 Å². The SMILES string of the molecule is CCCCCCCCC[C@]1(C(=O)O)CO1. The molecular formula is C12H22O3. The fraction of sp³-hybridized carbons (Fsp3) is 0.917. The molecule has 1 N–H and O–H groups in total. The molecule has 3 nitrogen and oxygen atoms in total. The highest BCUT2D eigenvalue weighted by Crippen LogP contribution is 2.33. The van der Waals surface area contributed by atoms with Gasteiger partial charge in [0, 0.05) is 0 Å². The lowest BCUT2D eigenvalue weighted by molar-refractivity contribution is -0.143. The Morgan fingerprint density at radius 1 is 1.20 bits per heavy atom. The number of aliphatic carboxylic acids is 1. The van der Waals surface area contributed by atoms with Gasteiger partial charge in [0.15, 0.2) is 5.60 Å². The Morgan fingerprint density at radius 3 is 2.20 bits per heavy atom. The first-order valence-corrected chi connectivity index (χ1v) is 6.08. The Hall–Kier alpha value is -0.570. The van der Waals surface area contributed by atoms with Gasteiger partial charge in [0.05, 0.1) is 6.61 Å². The lowest BCUT2D eigenvalue weighted by atomic mass is 10.0. The molecule has 0 radical (unpaired) electrons. The highest BCUT2D eigenvalue weighted by atomic mass is 16.6. The average Bonchev–Trinajstić information content (AvgIpc) is 2.98. The molecule has 15 heavy (non-hydrogen) atoms.